The quantitative estimate of drug-likeness (QED) is 0.793. The molecule has 106 valence electrons. The third kappa shape index (κ3) is 4.54. The maximum atomic E-state index is 11.6. The Morgan fingerprint density at radius 2 is 2.11 bits per heavy atom. The van der Waals surface area contributed by atoms with E-state index in [1.54, 1.807) is 20.2 Å². The number of aliphatic hydroxyl groups is 1. The van der Waals surface area contributed by atoms with E-state index in [9.17, 15) is 9.90 Å². The van der Waals surface area contributed by atoms with Gasteiger partial charge in [0, 0.05) is 26.8 Å². The minimum absolute atomic E-state index is 0.0276. The van der Waals surface area contributed by atoms with Crippen molar-refractivity contribution in [1.29, 1.82) is 0 Å². The van der Waals surface area contributed by atoms with Gasteiger partial charge in [0.15, 0.2) is 6.79 Å². The minimum atomic E-state index is -0.887. The molecule has 0 heterocycles. The van der Waals surface area contributed by atoms with Gasteiger partial charge >= 0.3 is 0 Å². The fraction of sp³-hybridized carbons (Fsp3) is 0.500. The maximum absolute atomic E-state index is 11.6. The smallest absolute Gasteiger partial charge is 0.225 e. The largest absolute Gasteiger partial charge is 0.467 e. The van der Waals surface area contributed by atoms with E-state index in [1.165, 1.54) is 12.0 Å². The molecule has 0 fully saturated rings. The third-order valence-electron chi connectivity index (χ3n) is 2.72. The minimum Gasteiger partial charge on any atom is -0.467 e. The van der Waals surface area contributed by atoms with E-state index in [2.05, 4.69) is 0 Å². The second kappa shape index (κ2) is 7.11. The molecule has 1 atom stereocenters. The molecule has 19 heavy (non-hydrogen) atoms. The molecule has 5 heteroatoms. The Bertz CT molecular complexity index is 431. The van der Waals surface area contributed by atoms with Gasteiger partial charge in [0.1, 0.15) is 5.75 Å². The molecule has 1 rings (SSSR count). The summed E-state index contributed by atoms with van der Waals surface area (Å²) >= 11 is 0. The number of ether oxygens (including phenoxy) is 2. The molecular weight excluding hydrogens is 246 g/mol. The Morgan fingerprint density at radius 3 is 2.68 bits per heavy atom. The van der Waals surface area contributed by atoms with Gasteiger partial charge in [0.25, 0.3) is 0 Å². The van der Waals surface area contributed by atoms with Gasteiger partial charge in [-0.15, -0.1) is 0 Å². The first-order chi connectivity index (χ1) is 8.95. The van der Waals surface area contributed by atoms with Gasteiger partial charge in [0.2, 0.25) is 5.91 Å². The van der Waals surface area contributed by atoms with Crippen LogP contribution in [0, 0.1) is 6.92 Å². The van der Waals surface area contributed by atoms with E-state index in [0.717, 1.165) is 5.56 Å². The van der Waals surface area contributed by atoms with E-state index in [0.29, 0.717) is 11.3 Å². The summed E-state index contributed by atoms with van der Waals surface area (Å²) in [6.45, 7) is 2.02. The summed E-state index contributed by atoms with van der Waals surface area (Å²) in [4.78, 5) is 13.1. The second-order valence-electron chi connectivity index (χ2n) is 4.60. The van der Waals surface area contributed by atoms with Gasteiger partial charge in [0.05, 0.1) is 12.5 Å². The van der Waals surface area contributed by atoms with Crippen LogP contribution >= 0.6 is 0 Å². The second-order valence-corrected chi connectivity index (χ2v) is 4.60. The van der Waals surface area contributed by atoms with Crippen LogP contribution in [-0.2, 0) is 9.53 Å². The molecule has 0 aromatic heterocycles. The number of rotatable bonds is 6. The van der Waals surface area contributed by atoms with Crippen LogP contribution in [0.3, 0.4) is 0 Å². The van der Waals surface area contributed by atoms with E-state index in [4.69, 9.17) is 9.47 Å². The highest BCUT2D eigenvalue weighted by Crippen LogP contribution is 2.28. The van der Waals surface area contributed by atoms with Gasteiger partial charge in [-0.05, 0) is 19.1 Å². The van der Waals surface area contributed by atoms with Crippen LogP contribution in [0.5, 0.6) is 5.75 Å². The maximum Gasteiger partial charge on any atom is 0.225 e. The molecule has 5 nitrogen and oxygen atoms in total. The van der Waals surface area contributed by atoms with Crippen LogP contribution in [-0.4, -0.2) is 43.9 Å². The molecule has 1 aromatic rings. The number of nitrogens with zero attached hydrogens (tertiary/aromatic N) is 1. The predicted octanol–water partition coefficient (Wildman–Crippen LogP) is 1.49. The molecule has 0 saturated heterocycles. The standard InChI is InChI=1S/C14H21NO4/c1-10-5-6-13(19-9-18-4)11(7-10)12(16)8-14(17)15(2)3/h5-7,12,16H,8-9H2,1-4H3. The Balaban J connectivity index is 2.89. The van der Waals surface area contributed by atoms with E-state index >= 15 is 0 Å². The van der Waals surface area contributed by atoms with Crippen LogP contribution in [0.4, 0.5) is 0 Å². The summed E-state index contributed by atoms with van der Waals surface area (Å²) in [5, 5.41) is 10.2. The Labute approximate surface area is 113 Å². The highest BCUT2D eigenvalue weighted by Gasteiger charge is 2.18. The van der Waals surface area contributed by atoms with Crippen molar-refractivity contribution in [2.45, 2.75) is 19.4 Å². The summed E-state index contributed by atoms with van der Waals surface area (Å²) in [7, 11) is 4.85. The lowest BCUT2D eigenvalue weighted by Gasteiger charge is -2.18. The van der Waals surface area contributed by atoms with Crippen molar-refractivity contribution in [3.05, 3.63) is 29.3 Å². The van der Waals surface area contributed by atoms with Crippen molar-refractivity contribution in [3.8, 4) is 5.75 Å². The number of carbonyl (C=O) groups excluding carboxylic acids is 1. The van der Waals surface area contributed by atoms with Crippen molar-refractivity contribution in [2.24, 2.45) is 0 Å². The number of carbonyl (C=O) groups is 1. The Kier molecular flexibility index (Phi) is 5.79. The van der Waals surface area contributed by atoms with Gasteiger partial charge in [-0.1, -0.05) is 11.6 Å². The highest BCUT2D eigenvalue weighted by molar-refractivity contribution is 5.76. The fourth-order valence-electron chi connectivity index (χ4n) is 1.64. The molecule has 0 spiro atoms. The zero-order valence-corrected chi connectivity index (χ0v) is 11.8. The molecule has 0 saturated carbocycles. The summed E-state index contributed by atoms with van der Waals surface area (Å²) in [6, 6.07) is 5.47. The van der Waals surface area contributed by atoms with Gasteiger partial charge in [-0.25, -0.2) is 0 Å². The monoisotopic (exact) mass is 267 g/mol. The average molecular weight is 267 g/mol. The van der Waals surface area contributed by atoms with Crippen molar-refractivity contribution >= 4 is 5.91 Å². The SMILES string of the molecule is COCOc1ccc(C)cc1C(O)CC(=O)N(C)C. The highest BCUT2D eigenvalue weighted by atomic mass is 16.7. The lowest BCUT2D eigenvalue weighted by atomic mass is 10.0. The Morgan fingerprint density at radius 1 is 1.42 bits per heavy atom. The first-order valence-electron chi connectivity index (χ1n) is 6.06. The molecule has 1 unspecified atom stereocenters. The first kappa shape index (κ1) is 15.5. The molecule has 0 aliphatic carbocycles. The van der Waals surface area contributed by atoms with E-state index in [-0.39, 0.29) is 19.1 Å². The topological polar surface area (TPSA) is 59.0 Å². The molecule has 0 bridgehead atoms. The summed E-state index contributed by atoms with van der Waals surface area (Å²) in [6.07, 6.45) is -0.860. The van der Waals surface area contributed by atoms with Crippen molar-refractivity contribution < 1.29 is 19.4 Å². The predicted molar refractivity (Wildman–Crippen MR) is 72.0 cm³/mol. The molecular formula is C14H21NO4. The lowest BCUT2D eigenvalue weighted by Crippen LogP contribution is -2.23. The average Bonchev–Trinajstić information content (AvgIpc) is 2.36. The number of methoxy groups -OCH3 is 1. The number of hydrogen-bond acceptors (Lipinski definition) is 4. The molecule has 0 aliphatic heterocycles. The normalized spacial score (nSPS) is 12.1. The van der Waals surface area contributed by atoms with Crippen LogP contribution in [0.2, 0.25) is 0 Å². The van der Waals surface area contributed by atoms with Crippen LogP contribution in [0.25, 0.3) is 0 Å². The zero-order valence-electron chi connectivity index (χ0n) is 11.8. The molecule has 0 aliphatic rings. The Hall–Kier alpha value is -1.59. The molecule has 1 amide bonds. The van der Waals surface area contributed by atoms with Crippen molar-refractivity contribution in [3.63, 3.8) is 0 Å². The van der Waals surface area contributed by atoms with Crippen LogP contribution in [0.15, 0.2) is 18.2 Å². The van der Waals surface area contributed by atoms with Crippen molar-refractivity contribution in [2.75, 3.05) is 28.0 Å². The lowest BCUT2D eigenvalue weighted by molar-refractivity contribution is -0.130. The molecule has 0 radical (unpaired) electrons. The number of hydrogen-bond donors (Lipinski definition) is 1. The zero-order chi connectivity index (χ0) is 14.4. The summed E-state index contributed by atoms with van der Waals surface area (Å²) < 4.78 is 10.2. The first-order valence-corrected chi connectivity index (χ1v) is 6.06. The van der Waals surface area contributed by atoms with E-state index in [1.807, 2.05) is 19.1 Å². The van der Waals surface area contributed by atoms with Crippen LogP contribution in [0.1, 0.15) is 23.7 Å². The number of aryl methyl sites for hydroxylation is 1. The van der Waals surface area contributed by atoms with Crippen LogP contribution < -0.4 is 4.74 Å². The van der Waals surface area contributed by atoms with Gasteiger partial charge in [-0.3, -0.25) is 4.79 Å². The third-order valence-corrected chi connectivity index (χ3v) is 2.72. The summed E-state index contributed by atoms with van der Waals surface area (Å²) in [5.74, 6) is 0.401. The number of benzene rings is 1. The fourth-order valence-corrected chi connectivity index (χ4v) is 1.64. The van der Waals surface area contributed by atoms with Gasteiger partial charge in [-0.2, -0.15) is 0 Å². The number of aliphatic hydroxyl groups excluding tert-OH is 1. The number of amides is 1. The molecule has 1 N–H and O–H groups in total. The van der Waals surface area contributed by atoms with E-state index < -0.39 is 6.10 Å². The van der Waals surface area contributed by atoms with Crippen molar-refractivity contribution in [1.82, 2.24) is 4.90 Å². The van der Waals surface area contributed by atoms with Gasteiger partial charge < -0.3 is 19.5 Å². The summed E-state index contributed by atoms with van der Waals surface area (Å²) in [5.41, 5.74) is 1.60. The molecule has 1 aromatic carbocycles.